The van der Waals surface area contributed by atoms with Crippen molar-refractivity contribution in [1.82, 2.24) is 15.2 Å². The van der Waals surface area contributed by atoms with E-state index in [1.165, 1.54) is 7.11 Å². The molecule has 0 saturated carbocycles. The highest BCUT2D eigenvalue weighted by Crippen LogP contribution is 2.46. The number of fused-ring (bicyclic) bond motifs is 2. The van der Waals surface area contributed by atoms with Crippen molar-refractivity contribution in [2.45, 2.75) is 5.54 Å². The summed E-state index contributed by atoms with van der Waals surface area (Å²) in [5, 5.41) is 12.6. The van der Waals surface area contributed by atoms with Crippen LogP contribution in [0, 0.1) is 0 Å². The predicted octanol–water partition coefficient (Wildman–Crippen LogP) is 3.05. The fourth-order valence-corrected chi connectivity index (χ4v) is 3.96. The predicted molar refractivity (Wildman–Crippen MR) is 107 cm³/mol. The number of rotatable bonds is 2. The van der Waals surface area contributed by atoms with Gasteiger partial charge in [-0.1, -0.05) is 30.3 Å². The molecular formula is C21H17N5O2. The average Bonchev–Trinajstić information content (AvgIpc) is 3.12. The van der Waals surface area contributed by atoms with Crippen LogP contribution in [0.1, 0.15) is 11.1 Å². The smallest absolute Gasteiger partial charge is 0.341 e. The number of nitrogens with one attached hydrogen (secondary N) is 2. The minimum atomic E-state index is -1.27. The van der Waals surface area contributed by atoms with Gasteiger partial charge in [-0.2, -0.15) is 5.10 Å². The number of benzene rings is 2. The van der Waals surface area contributed by atoms with Crippen LogP contribution >= 0.6 is 0 Å². The molecule has 0 amide bonds. The Morgan fingerprint density at radius 2 is 1.89 bits per heavy atom. The average molecular weight is 371 g/mol. The second-order valence-electron chi connectivity index (χ2n) is 6.72. The molecule has 1 aliphatic heterocycles. The van der Waals surface area contributed by atoms with Crippen molar-refractivity contribution in [3.05, 3.63) is 72.1 Å². The molecule has 0 aliphatic carbocycles. The van der Waals surface area contributed by atoms with E-state index >= 15 is 0 Å². The number of aromatic amines is 1. The van der Waals surface area contributed by atoms with Gasteiger partial charge in [-0.15, -0.1) is 5.10 Å². The lowest BCUT2D eigenvalue weighted by Crippen LogP contribution is -2.45. The number of hydrogen-bond acceptors (Lipinski definition) is 6. The Hall–Kier alpha value is -3.87. The summed E-state index contributed by atoms with van der Waals surface area (Å²) >= 11 is 0. The Morgan fingerprint density at radius 3 is 2.68 bits per heavy atom. The van der Waals surface area contributed by atoms with Crippen molar-refractivity contribution >= 4 is 28.4 Å². The number of ether oxygens (including phenoxy) is 1. The van der Waals surface area contributed by atoms with Crippen LogP contribution in [-0.2, 0) is 15.1 Å². The maximum Gasteiger partial charge on any atom is 0.341 e. The number of esters is 1. The Labute approximate surface area is 160 Å². The molecule has 7 nitrogen and oxygen atoms in total. The van der Waals surface area contributed by atoms with Gasteiger partial charge in [-0.25, -0.2) is 4.79 Å². The van der Waals surface area contributed by atoms with Crippen LogP contribution in [-0.4, -0.2) is 28.3 Å². The van der Waals surface area contributed by atoms with Crippen LogP contribution in [0.2, 0.25) is 0 Å². The summed E-state index contributed by atoms with van der Waals surface area (Å²) in [4.78, 5) is 16.5. The monoisotopic (exact) mass is 371 g/mol. The third kappa shape index (κ3) is 2.07. The molecule has 0 radical (unpaired) electrons. The molecule has 138 valence electrons. The quantitative estimate of drug-likeness (QED) is 0.369. The number of nitrogen functional groups attached to an aromatic ring is 1. The second-order valence-corrected chi connectivity index (χ2v) is 6.72. The van der Waals surface area contributed by atoms with Crippen LogP contribution in [0.5, 0.6) is 0 Å². The molecule has 0 spiro atoms. The van der Waals surface area contributed by atoms with E-state index in [1.807, 2.05) is 36.4 Å². The zero-order valence-electron chi connectivity index (χ0n) is 15.1. The van der Waals surface area contributed by atoms with Gasteiger partial charge in [0.2, 0.25) is 0 Å². The van der Waals surface area contributed by atoms with E-state index in [4.69, 9.17) is 10.5 Å². The van der Waals surface area contributed by atoms with Crippen LogP contribution in [0.15, 0.2) is 60.9 Å². The molecule has 1 aliphatic rings. The lowest BCUT2D eigenvalue weighted by molar-refractivity contribution is -0.144. The van der Waals surface area contributed by atoms with E-state index in [2.05, 4.69) is 20.5 Å². The normalized spacial score (nSPS) is 17.5. The molecular weight excluding hydrogens is 354 g/mol. The number of nitrogens with two attached hydrogens (primary N) is 1. The van der Waals surface area contributed by atoms with Crippen molar-refractivity contribution in [1.29, 1.82) is 0 Å². The van der Waals surface area contributed by atoms with Gasteiger partial charge in [0.1, 0.15) is 0 Å². The van der Waals surface area contributed by atoms with Gasteiger partial charge < -0.3 is 20.8 Å². The van der Waals surface area contributed by atoms with Gasteiger partial charge in [-0.3, -0.25) is 0 Å². The van der Waals surface area contributed by atoms with Crippen LogP contribution in [0.3, 0.4) is 0 Å². The molecule has 1 atom stereocenters. The van der Waals surface area contributed by atoms with Gasteiger partial charge in [0.25, 0.3) is 0 Å². The number of carbonyl (C=O) groups excluding carboxylic acids is 1. The topological polar surface area (TPSA) is 106 Å². The molecule has 28 heavy (non-hydrogen) atoms. The zero-order valence-corrected chi connectivity index (χ0v) is 15.1. The van der Waals surface area contributed by atoms with Crippen LogP contribution in [0.25, 0.3) is 22.2 Å². The van der Waals surface area contributed by atoms with Crippen molar-refractivity contribution < 1.29 is 9.53 Å². The highest BCUT2D eigenvalue weighted by molar-refractivity contribution is 6.06. The van der Waals surface area contributed by atoms with Gasteiger partial charge >= 0.3 is 5.97 Å². The summed E-state index contributed by atoms with van der Waals surface area (Å²) in [5.74, 6) is -0.433. The molecule has 0 fully saturated rings. The molecule has 2 aromatic carbocycles. The minimum Gasteiger partial charge on any atom is -0.467 e. The third-order valence-corrected chi connectivity index (χ3v) is 5.25. The molecule has 0 saturated heterocycles. The number of para-hydroxylation sites is 1. The molecule has 4 aromatic rings. The molecule has 0 bridgehead atoms. The summed E-state index contributed by atoms with van der Waals surface area (Å²) in [6.45, 7) is 0. The van der Waals surface area contributed by atoms with Crippen LogP contribution in [0.4, 0.5) is 11.4 Å². The molecule has 5 rings (SSSR count). The minimum absolute atomic E-state index is 0.433. The highest BCUT2D eigenvalue weighted by Gasteiger charge is 2.47. The maximum absolute atomic E-state index is 13.3. The first-order valence-corrected chi connectivity index (χ1v) is 8.80. The maximum atomic E-state index is 13.3. The molecule has 3 heterocycles. The van der Waals surface area contributed by atoms with E-state index in [9.17, 15) is 4.79 Å². The summed E-state index contributed by atoms with van der Waals surface area (Å²) in [6.07, 6.45) is 3.51. The van der Waals surface area contributed by atoms with Gasteiger partial charge in [0.15, 0.2) is 11.2 Å². The number of nitrogens with zero attached hydrogens (tertiary/aromatic N) is 2. The van der Waals surface area contributed by atoms with Crippen molar-refractivity contribution in [3.63, 3.8) is 0 Å². The second kappa shape index (κ2) is 5.82. The van der Waals surface area contributed by atoms with E-state index < -0.39 is 11.5 Å². The first kappa shape index (κ1) is 16.3. The Kier molecular flexibility index (Phi) is 3.39. The first-order valence-electron chi connectivity index (χ1n) is 8.80. The van der Waals surface area contributed by atoms with E-state index in [-0.39, 0.29) is 0 Å². The number of H-pyrrole nitrogens is 1. The van der Waals surface area contributed by atoms with Crippen molar-refractivity contribution in [2.75, 3.05) is 18.2 Å². The largest absolute Gasteiger partial charge is 0.467 e. The summed E-state index contributed by atoms with van der Waals surface area (Å²) in [6, 6.07) is 15.0. The fraction of sp³-hybridized carbons (Fsp3) is 0.0952. The summed E-state index contributed by atoms with van der Waals surface area (Å²) in [7, 11) is 1.38. The Morgan fingerprint density at radius 1 is 1.11 bits per heavy atom. The van der Waals surface area contributed by atoms with Crippen molar-refractivity contribution in [2.24, 2.45) is 0 Å². The fourth-order valence-electron chi connectivity index (χ4n) is 3.96. The molecule has 1 unspecified atom stereocenters. The van der Waals surface area contributed by atoms with Gasteiger partial charge in [0.05, 0.1) is 13.3 Å². The SMILES string of the molecule is COC(=O)C1(c2ccc(N)cc2)Nc2ccccc2-c2cnnc3[nH]cc1c23. The Balaban J connectivity index is 1.95. The first-order chi connectivity index (χ1) is 13.6. The van der Waals surface area contributed by atoms with E-state index in [0.29, 0.717) is 16.9 Å². The zero-order chi connectivity index (χ0) is 19.3. The van der Waals surface area contributed by atoms with Gasteiger partial charge in [0, 0.05) is 39.6 Å². The van der Waals surface area contributed by atoms with Gasteiger partial charge in [-0.05, 0) is 23.8 Å². The van der Waals surface area contributed by atoms with Crippen LogP contribution < -0.4 is 11.1 Å². The van der Waals surface area contributed by atoms with Crippen molar-refractivity contribution in [3.8, 4) is 11.1 Å². The van der Waals surface area contributed by atoms with E-state index in [1.54, 1.807) is 24.5 Å². The lowest BCUT2D eigenvalue weighted by atomic mass is 9.82. The number of aromatic nitrogens is 3. The Bertz CT molecular complexity index is 1220. The summed E-state index contributed by atoms with van der Waals surface area (Å²) < 4.78 is 5.28. The molecule has 7 heteroatoms. The number of hydrogen-bond donors (Lipinski definition) is 3. The standard InChI is InChI=1S/C21H17N5O2/c1-28-20(27)21(12-6-8-13(22)9-7-12)16-11-23-19-18(16)15(10-24-26-19)14-4-2-3-5-17(14)25-21/h2-11,25H,22H2,1H3,(H,23,26). The number of anilines is 2. The number of methoxy groups -OCH3 is 1. The molecule has 2 aromatic heterocycles. The van der Waals surface area contributed by atoms with E-state index in [0.717, 1.165) is 27.8 Å². The third-order valence-electron chi connectivity index (χ3n) is 5.25. The number of carbonyl (C=O) groups is 1. The highest BCUT2D eigenvalue weighted by atomic mass is 16.5. The lowest BCUT2D eigenvalue weighted by Gasteiger charge is -2.33. The molecule has 4 N–H and O–H groups in total. The summed E-state index contributed by atoms with van der Waals surface area (Å²) in [5.41, 5.74) is 9.90.